The first kappa shape index (κ1) is 11.5. The van der Waals surface area contributed by atoms with Crippen LogP contribution in [0, 0.1) is 11.8 Å². The second-order valence-corrected chi connectivity index (χ2v) is 5.88. The van der Waals surface area contributed by atoms with E-state index in [9.17, 15) is 15.0 Å². The van der Waals surface area contributed by atoms with Crippen molar-refractivity contribution in [1.29, 1.82) is 0 Å². The first-order valence-electron chi connectivity index (χ1n) is 6.62. The van der Waals surface area contributed by atoms with Gasteiger partial charge in [-0.25, -0.2) is 0 Å². The van der Waals surface area contributed by atoms with Crippen LogP contribution < -0.4 is 0 Å². The normalized spacial score (nSPS) is 52.3. The van der Waals surface area contributed by atoms with Gasteiger partial charge in [0.05, 0.1) is 6.10 Å². The molecule has 3 fully saturated rings. The Hall–Kier alpha value is -0.610. The Morgan fingerprint density at radius 1 is 1.24 bits per heavy atom. The van der Waals surface area contributed by atoms with E-state index in [1.54, 1.807) is 0 Å². The highest BCUT2D eigenvalue weighted by Gasteiger charge is 2.76. The van der Waals surface area contributed by atoms with Crippen LogP contribution in [0.3, 0.4) is 0 Å². The molecule has 0 heterocycles. The second-order valence-electron chi connectivity index (χ2n) is 5.88. The molecule has 5 atom stereocenters. The molecule has 3 saturated carbocycles. The Kier molecular flexibility index (Phi) is 2.33. The van der Waals surface area contributed by atoms with E-state index in [-0.39, 0.29) is 17.8 Å². The number of carbonyl (C=O) groups excluding carboxylic acids is 1. The molecule has 0 aliphatic heterocycles. The molecule has 3 aliphatic carbocycles. The average molecular weight is 240 g/mol. The summed E-state index contributed by atoms with van der Waals surface area (Å²) in [6.07, 6.45) is 4.46. The van der Waals surface area contributed by atoms with Gasteiger partial charge in [-0.05, 0) is 32.1 Å². The SMILES string of the molecule is CC(=O)O[C@]12CCC[C@H]1[C@@]1(O)[C@H](O)CCC[C@@H]21. The van der Waals surface area contributed by atoms with Crippen molar-refractivity contribution >= 4 is 5.97 Å². The fraction of sp³-hybridized carbons (Fsp3) is 0.923. The average Bonchev–Trinajstić information content (AvgIpc) is 2.62. The maximum Gasteiger partial charge on any atom is 0.303 e. The third kappa shape index (κ3) is 1.23. The van der Waals surface area contributed by atoms with Crippen LogP contribution in [0.15, 0.2) is 0 Å². The molecule has 3 aliphatic rings. The van der Waals surface area contributed by atoms with Gasteiger partial charge in [0.2, 0.25) is 0 Å². The van der Waals surface area contributed by atoms with Gasteiger partial charge in [0, 0.05) is 18.8 Å². The van der Waals surface area contributed by atoms with Crippen LogP contribution in [0.25, 0.3) is 0 Å². The summed E-state index contributed by atoms with van der Waals surface area (Å²) in [5.74, 6) is -0.381. The van der Waals surface area contributed by atoms with Crippen molar-refractivity contribution in [2.24, 2.45) is 11.8 Å². The maximum atomic E-state index is 11.3. The molecule has 4 nitrogen and oxygen atoms in total. The Morgan fingerprint density at radius 2 is 1.88 bits per heavy atom. The minimum atomic E-state index is -0.996. The Balaban J connectivity index is 1.93. The first-order valence-corrected chi connectivity index (χ1v) is 6.62. The fourth-order valence-electron chi connectivity index (χ4n) is 4.73. The van der Waals surface area contributed by atoms with Crippen LogP contribution in [0.5, 0.6) is 0 Å². The minimum absolute atomic E-state index is 0.0563. The van der Waals surface area contributed by atoms with Crippen LogP contribution in [0.4, 0.5) is 0 Å². The molecule has 0 radical (unpaired) electrons. The number of aliphatic hydroxyl groups excluding tert-OH is 1. The minimum Gasteiger partial charge on any atom is -0.458 e. The molecule has 0 aromatic heterocycles. The number of hydrogen-bond donors (Lipinski definition) is 2. The molecule has 2 N–H and O–H groups in total. The number of aliphatic hydroxyl groups is 2. The fourth-order valence-corrected chi connectivity index (χ4v) is 4.73. The van der Waals surface area contributed by atoms with Crippen molar-refractivity contribution in [1.82, 2.24) is 0 Å². The molecular formula is C13H20O4. The largest absolute Gasteiger partial charge is 0.458 e. The monoisotopic (exact) mass is 240 g/mol. The quantitative estimate of drug-likeness (QED) is 0.671. The van der Waals surface area contributed by atoms with Crippen LogP contribution in [-0.2, 0) is 9.53 Å². The summed E-state index contributed by atoms with van der Waals surface area (Å²) in [7, 11) is 0. The van der Waals surface area contributed by atoms with Crippen molar-refractivity contribution in [3.05, 3.63) is 0 Å². The van der Waals surface area contributed by atoms with Crippen LogP contribution in [0.2, 0.25) is 0 Å². The lowest BCUT2D eigenvalue weighted by atomic mass is 9.46. The molecule has 0 bridgehead atoms. The number of ether oxygens (including phenoxy) is 1. The topological polar surface area (TPSA) is 66.8 Å². The summed E-state index contributed by atoms with van der Waals surface area (Å²) in [6, 6.07) is 0. The number of hydrogen-bond acceptors (Lipinski definition) is 4. The van der Waals surface area contributed by atoms with Gasteiger partial charge in [0.25, 0.3) is 0 Å². The molecule has 0 unspecified atom stereocenters. The lowest BCUT2D eigenvalue weighted by Crippen LogP contribution is -2.78. The molecule has 4 heteroatoms. The summed E-state index contributed by atoms with van der Waals surface area (Å²) in [4.78, 5) is 11.3. The molecule has 0 aromatic rings. The Morgan fingerprint density at radius 3 is 2.53 bits per heavy atom. The zero-order chi connectivity index (χ0) is 12.3. The molecule has 0 saturated heterocycles. The van der Waals surface area contributed by atoms with E-state index in [4.69, 9.17) is 4.74 Å². The van der Waals surface area contributed by atoms with E-state index in [1.165, 1.54) is 6.92 Å². The third-order valence-corrected chi connectivity index (χ3v) is 5.19. The van der Waals surface area contributed by atoms with E-state index in [2.05, 4.69) is 0 Å². The highest BCUT2D eigenvalue weighted by Crippen LogP contribution is 2.66. The van der Waals surface area contributed by atoms with Gasteiger partial charge in [-0.2, -0.15) is 0 Å². The lowest BCUT2D eigenvalue weighted by molar-refractivity contribution is -0.325. The molecule has 0 aromatic carbocycles. The van der Waals surface area contributed by atoms with Gasteiger partial charge >= 0.3 is 5.97 Å². The van der Waals surface area contributed by atoms with Crippen molar-refractivity contribution in [3.63, 3.8) is 0 Å². The number of fused-ring (bicyclic) bond motifs is 4. The Bertz CT molecular complexity index is 355. The summed E-state index contributed by atoms with van der Waals surface area (Å²) < 4.78 is 5.57. The zero-order valence-corrected chi connectivity index (χ0v) is 10.2. The standard InChI is InChI=1S/C13H20O4/c1-8(14)17-12-7-3-5-10(12)13(16)9(12)4-2-6-11(13)15/h9-11,15-16H,2-7H2,1H3/t9-,10+,11+,12-,13+/m0/s1. The lowest BCUT2D eigenvalue weighted by Gasteiger charge is -2.66. The summed E-state index contributed by atoms with van der Waals surface area (Å²) in [5.41, 5.74) is -1.47. The molecule has 0 amide bonds. The van der Waals surface area contributed by atoms with E-state index in [1.807, 2.05) is 0 Å². The van der Waals surface area contributed by atoms with Gasteiger partial charge in [-0.1, -0.05) is 6.42 Å². The smallest absolute Gasteiger partial charge is 0.303 e. The molecule has 3 rings (SSSR count). The van der Waals surface area contributed by atoms with Crippen molar-refractivity contribution in [3.8, 4) is 0 Å². The molecule has 96 valence electrons. The van der Waals surface area contributed by atoms with Crippen LogP contribution in [-0.4, -0.2) is 33.5 Å². The first-order chi connectivity index (χ1) is 8.02. The van der Waals surface area contributed by atoms with E-state index in [0.717, 1.165) is 32.1 Å². The summed E-state index contributed by atoms with van der Waals surface area (Å²) in [6.45, 7) is 1.43. The van der Waals surface area contributed by atoms with Crippen LogP contribution in [0.1, 0.15) is 45.4 Å². The molecular weight excluding hydrogens is 220 g/mol. The van der Waals surface area contributed by atoms with Crippen molar-refractivity contribution < 1.29 is 19.7 Å². The van der Waals surface area contributed by atoms with Crippen molar-refractivity contribution in [2.45, 2.75) is 62.8 Å². The number of carbonyl (C=O) groups is 1. The van der Waals surface area contributed by atoms with E-state index in [0.29, 0.717) is 6.42 Å². The number of rotatable bonds is 1. The highest BCUT2D eigenvalue weighted by atomic mass is 16.6. The number of esters is 1. The second kappa shape index (κ2) is 3.45. The Labute approximate surface area is 101 Å². The molecule has 0 spiro atoms. The predicted molar refractivity (Wildman–Crippen MR) is 60.1 cm³/mol. The third-order valence-electron chi connectivity index (χ3n) is 5.19. The van der Waals surface area contributed by atoms with Gasteiger partial charge < -0.3 is 14.9 Å². The van der Waals surface area contributed by atoms with E-state index >= 15 is 0 Å². The van der Waals surface area contributed by atoms with Gasteiger partial charge in [0.15, 0.2) is 0 Å². The highest BCUT2D eigenvalue weighted by molar-refractivity contribution is 5.67. The summed E-state index contributed by atoms with van der Waals surface area (Å²) >= 11 is 0. The zero-order valence-electron chi connectivity index (χ0n) is 10.2. The molecule has 17 heavy (non-hydrogen) atoms. The van der Waals surface area contributed by atoms with Crippen molar-refractivity contribution in [2.75, 3.05) is 0 Å². The van der Waals surface area contributed by atoms with E-state index < -0.39 is 17.3 Å². The van der Waals surface area contributed by atoms with Gasteiger partial charge in [-0.3, -0.25) is 4.79 Å². The maximum absolute atomic E-state index is 11.3. The van der Waals surface area contributed by atoms with Gasteiger partial charge in [-0.15, -0.1) is 0 Å². The summed E-state index contributed by atoms with van der Waals surface area (Å²) in [5, 5.41) is 20.8. The van der Waals surface area contributed by atoms with Gasteiger partial charge in [0.1, 0.15) is 11.2 Å². The van der Waals surface area contributed by atoms with Crippen LogP contribution >= 0.6 is 0 Å². The predicted octanol–water partition coefficient (Wildman–Crippen LogP) is 0.994.